The van der Waals surface area contributed by atoms with Crippen molar-refractivity contribution in [1.29, 1.82) is 0 Å². The molecule has 0 radical (unpaired) electrons. The van der Waals surface area contributed by atoms with E-state index >= 15 is 0 Å². The minimum absolute atomic E-state index is 0.682. The van der Waals surface area contributed by atoms with E-state index in [2.05, 4.69) is 25.5 Å². The van der Waals surface area contributed by atoms with E-state index in [1.54, 1.807) is 6.21 Å². The third-order valence-corrected chi connectivity index (χ3v) is 3.07. The van der Waals surface area contributed by atoms with E-state index in [9.17, 15) is 0 Å². The van der Waals surface area contributed by atoms with Gasteiger partial charge in [-0.25, -0.2) is 15.0 Å². The fraction of sp³-hybridized carbons (Fsp3) is 0. The second-order valence-corrected chi connectivity index (χ2v) is 4.32. The Kier molecular flexibility index (Phi) is 2.32. The van der Waals surface area contributed by atoms with Crippen molar-refractivity contribution in [3.05, 3.63) is 54.7 Å². The minimum Gasteiger partial charge on any atom is -0.295 e. The number of aromatic nitrogens is 4. The molecule has 0 aliphatic heterocycles. The maximum atomic E-state index is 4.43. The summed E-state index contributed by atoms with van der Waals surface area (Å²) in [5.41, 5.74) is 6.38. The topological polar surface area (TPSA) is 67.5 Å². The number of hydrogen-bond donors (Lipinski definition) is 1. The van der Waals surface area contributed by atoms with Crippen LogP contribution in [0.15, 0.2) is 54.0 Å². The number of nitrogens with zero attached hydrogens (tertiary/aromatic N) is 5. The molecule has 1 aromatic carbocycles. The van der Waals surface area contributed by atoms with Gasteiger partial charge in [0.15, 0.2) is 11.5 Å². The zero-order chi connectivity index (χ0) is 13.4. The molecule has 3 heterocycles. The Balaban J connectivity index is 1.69. The summed E-state index contributed by atoms with van der Waals surface area (Å²) in [6.45, 7) is 0. The predicted molar refractivity (Wildman–Crippen MR) is 77.1 cm³/mol. The summed E-state index contributed by atoms with van der Waals surface area (Å²) in [6, 6.07) is 11.7. The fourth-order valence-corrected chi connectivity index (χ4v) is 2.16. The average Bonchev–Trinajstić information content (AvgIpc) is 3.07. The van der Waals surface area contributed by atoms with Crippen LogP contribution < -0.4 is 5.43 Å². The van der Waals surface area contributed by atoms with E-state index in [1.165, 1.54) is 6.33 Å². The molecule has 0 fully saturated rings. The van der Waals surface area contributed by atoms with Gasteiger partial charge in [0.25, 0.3) is 0 Å². The molecular formula is C14H10N6. The highest BCUT2D eigenvalue weighted by molar-refractivity contribution is 5.93. The number of imidazole rings is 1. The largest absolute Gasteiger partial charge is 0.295 e. The van der Waals surface area contributed by atoms with Crippen molar-refractivity contribution in [2.45, 2.75) is 0 Å². The van der Waals surface area contributed by atoms with Gasteiger partial charge in [0.1, 0.15) is 11.8 Å². The summed E-state index contributed by atoms with van der Waals surface area (Å²) in [4.78, 5) is 12.8. The molecule has 96 valence electrons. The quantitative estimate of drug-likeness (QED) is 0.454. The molecule has 0 atom stereocenters. The van der Waals surface area contributed by atoms with Crippen molar-refractivity contribution in [3.8, 4) is 0 Å². The molecule has 6 heteroatoms. The zero-order valence-electron chi connectivity index (χ0n) is 10.4. The summed E-state index contributed by atoms with van der Waals surface area (Å²) in [5, 5.41) is 4.20. The average molecular weight is 262 g/mol. The van der Waals surface area contributed by atoms with Gasteiger partial charge in [-0.2, -0.15) is 5.10 Å². The van der Waals surface area contributed by atoms with Crippen LogP contribution in [0, 0.1) is 0 Å². The van der Waals surface area contributed by atoms with E-state index in [4.69, 9.17) is 0 Å². The Morgan fingerprint density at radius 3 is 2.90 bits per heavy atom. The highest BCUT2D eigenvalue weighted by atomic mass is 15.3. The monoisotopic (exact) mass is 262 g/mol. The van der Waals surface area contributed by atoms with Crippen LogP contribution in [0.4, 0.5) is 5.69 Å². The highest BCUT2D eigenvalue weighted by Crippen LogP contribution is 2.18. The number of nitrogens with one attached hydrogen (secondary N) is 1. The number of benzene rings is 1. The van der Waals surface area contributed by atoms with Crippen LogP contribution in [0.1, 0.15) is 5.82 Å². The molecule has 4 rings (SSSR count). The molecule has 0 saturated heterocycles. The number of anilines is 1. The summed E-state index contributed by atoms with van der Waals surface area (Å²) in [6.07, 6.45) is 5.12. The van der Waals surface area contributed by atoms with E-state index in [-0.39, 0.29) is 0 Å². The van der Waals surface area contributed by atoms with Crippen LogP contribution >= 0.6 is 0 Å². The van der Waals surface area contributed by atoms with Gasteiger partial charge < -0.3 is 0 Å². The van der Waals surface area contributed by atoms with Crippen molar-refractivity contribution in [2.75, 3.05) is 5.43 Å². The van der Waals surface area contributed by atoms with Crippen molar-refractivity contribution in [2.24, 2.45) is 5.10 Å². The molecule has 1 N–H and O–H groups in total. The lowest BCUT2D eigenvalue weighted by Gasteiger charge is -1.97. The Morgan fingerprint density at radius 1 is 1.10 bits per heavy atom. The third-order valence-electron chi connectivity index (χ3n) is 3.07. The first kappa shape index (κ1) is 10.9. The lowest BCUT2D eigenvalue weighted by atomic mass is 10.3. The van der Waals surface area contributed by atoms with Crippen molar-refractivity contribution in [3.63, 3.8) is 0 Å². The van der Waals surface area contributed by atoms with Crippen molar-refractivity contribution < 1.29 is 0 Å². The number of para-hydroxylation sites is 1. The molecule has 0 unspecified atom stereocenters. The zero-order valence-corrected chi connectivity index (χ0v) is 10.4. The van der Waals surface area contributed by atoms with Crippen LogP contribution in [0.5, 0.6) is 0 Å². The van der Waals surface area contributed by atoms with Crippen LogP contribution in [0.2, 0.25) is 0 Å². The van der Waals surface area contributed by atoms with E-state index < -0.39 is 0 Å². The normalized spacial score (nSPS) is 11.8. The lowest BCUT2D eigenvalue weighted by Crippen LogP contribution is -1.94. The molecule has 4 aromatic rings. The summed E-state index contributed by atoms with van der Waals surface area (Å²) in [7, 11) is 0. The second kappa shape index (κ2) is 4.27. The molecular weight excluding hydrogens is 252 g/mol. The van der Waals surface area contributed by atoms with Gasteiger partial charge in [-0.15, -0.1) is 0 Å². The minimum atomic E-state index is 0.682. The SMILES string of the molecule is C(=N/Nc1ccccc1)/c1nc2ncnc3ccn1c32. The van der Waals surface area contributed by atoms with Gasteiger partial charge >= 0.3 is 0 Å². The van der Waals surface area contributed by atoms with Gasteiger partial charge in [-0.05, 0) is 18.2 Å². The van der Waals surface area contributed by atoms with E-state index in [1.807, 2.05) is 47.0 Å². The number of rotatable bonds is 3. The summed E-state index contributed by atoms with van der Waals surface area (Å²) >= 11 is 0. The first-order valence-corrected chi connectivity index (χ1v) is 6.17. The maximum absolute atomic E-state index is 4.43. The smallest absolute Gasteiger partial charge is 0.182 e. The molecule has 0 saturated carbocycles. The molecule has 0 amide bonds. The Hall–Kier alpha value is -3.02. The molecule has 0 aliphatic rings. The fourth-order valence-electron chi connectivity index (χ4n) is 2.16. The highest BCUT2D eigenvalue weighted by Gasteiger charge is 2.11. The molecule has 3 aromatic heterocycles. The van der Waals surface area contributed by atoms with Crippen LogP contribution in [-0.2, 0) is 0 Å². The van der Waals surface area contributed by atoms with E-state index in [0.717, 1.165) is 22.5 Å². The second-order valence-electron chi connectivity index (χ2n) is 4.32. The van der Waals surface area contributed by atoms with Gasteiger partial charge in [0, 0.05) is 6.20 Å². The van der Waals surface area contributed by atoms with Gasteiger partial charge in [-0.3, -0.25) is 9.83 Å². The van der Waals surface area contributed by atoms with Gasteiger partial charge in [0.2, 0.25) is 0 Å². The predicted octanol–water partition coefficient (Wildman–Crippen LogP) is 2.16. The Morgan fingerprint density at radius 2 is 2.00 bits per heavy atom. The third kappa shape index (κ3) is 1.66. The molecule has 6 nitrogen and oxygen atoms in total. The first-order chi connectivity index (χ1) is 9.92. The van der Waals surface area contributed by atoms with Crippen LogP contribution in [0.3, 0.4) is 0 Å². The van der Waals surface area contributed by atoms with Gasteiger partial charge in [-0.1, -0.05) is 18.2 Å². The van der Waals surface area contributed by atoms with Gasteiger partial charge in [0.05, 0.1) is 17.4 Å². The molecule has 0 spiro atoms. The summed E-state index contributed by atoms with van der Waals surface area (Å²) < 4.78 is 1.93. The number of hydrazone groups is 1. The standard InChI is InChI=1S/C14H10N6/c1-2-4-10(5-3-1)19-17-8-12-18-14-13-11(15-9-16-14)6-7-20(12)13/h1-9,19H/b17-8-. The number of hydrogen-bond acceptors (Lipinski definition) is 5. The molecule has 0 aliphatic carbocycles. The van der Waals surface area contributed by atoms with E-state index in [0.29, 0.717) is 5.65 Å². The molecule has 0 bridgehead atoms. The van der Waals surface area contributed by atoms with Crippen molar-refractivity contribution in [1.82, 2.24) is 19.4 Å². The van der Waals surface area contributed by atoms with Crippen LogP contribution in [0.25, 0.3) is 16.7 Å². The lowest BCUT2D eigenvalue weighted by molar-refractivity contribution is 1.14. The maximum Gasteiger partial charge on any atom is 0.182 e. The van der Waals surface area contributed by atoms with Crippen molar-refractivity contribution >= 4 is 28.6 Å². The molecule has 20 heavy (non-hydrogen) atoms. The van der Waals surface area contributed by atoms with Crippen LogP contribution in [-0.4, -0.2) is 25.6 Å². The summed E-state index contributed by atoms with van der Waals surface area (Å²) in [5.74, 6) is 0.721. The Bertz CT molecular complexity index is 880. The Labute approximate surface area is 114 Å². The first-order valence-electron chi connectivity index (χ1n) is 6.17.